The van der Waals surface area contributed by atoms with Crippen LogP contribution < -0.4 is 10.5 Å². The molecule has 1 unspecified atom stereocenters. The van der Waals surface area contributed by atoms with Gasteiger partial charge in [0, 0.05) is 11.7 Å². The highest BCUT2D eigenvalue weighted by atomic mass is 32.2. The summed E-state index contributed by atoms with van der Waals surface area (Å²) in [6, 6.07) is 6.52. The fourth-order valence-corrected chi connectivity index (χ4v) is 4.06. The van der Waals surface area contributed by atoms with Crippen LogP contribution in [0.15, 0.2) is 39.9 Å². The minimum absolute atomic E-state index is 0.231. The second-order valence-electron chi connectivity index (χ2n) is 4.42. The SMILES string of the molecule is Cc1ccc(N)cc1S(=O)(=O)NC(C)c1ccsc1. The van der Waals surface area contributed by atoms with Crippen molar-refractivity contribution in [2.75, 3.05) is 5.73 Å². The Morgan fingerprint density at radius 3 is 2.68 bits per heavy atom. The molecule has 4 nitrogen and oxygen atoms in total. The lowest BCUT2D eigenvalue weighted by molar-refractivity contribution is 0.566. The highest BCUT2D eigenvalue weighted by Crippen LogP contribution is 2.22. The number of benzene rings is 1. The van der Waals surface area contributed by atoms with Crippen molar-refractivity contribution >= 4 is 27.0 Å². The highest BCUT2D eigenvalue weighted by molar-refractivity contribution is 7.89. The largest absolute Gasteiger partial charge is 0.399 e. The highest BCUT2D eigenvalue weighted by Gasteiger charge is 2.20. The number of nitrogens with two attached hydrogens (primary N) is 1. The summed E-state index contributed by atoms with van der Waals surface area (Å²) < 4.78 is 27.4. The predicted molar refractivity (Wildman–Crippen MR) is 78.6 cm³/mol. The molecule has 3 N–H and O–H groups in total. The molecule has 102 valence electrons. The number of hydrogen-bond acceptors (Lipinski definition) is 4. The Labute approximate surface area is 117 Å². The van der Waals surface area contributed by atoms with Crippen molar-refractivity contribution in [3.63, 3.8) is 0 Å². The lowest BCUT2D eigenvalue weighted by Crippen LogP contribution is -2.27. The van der Waals surface area contributed by atoms with Crippen LogP contribution in [0.25, 0.3) is 0 Å². The lowest BCUT2D eigenvalue weighted by Gasteiger charge is -2.15. The first-order chi connectivity index (χ1) is 8.90. The minimum Gasteiger partial charge on any atom is -0.399 e. The van der Waals surface area contributed by atoms with Crippen molar-refractivity contribution in [2.24, 2.45) is 0 Å². The summed E-state index contributed by atoms with van der Waals surface area (Å²) in [6.45, 7) is 3.57. The number of anilines is 1. The van der Waals surface area contributed by atoms with Crippen molar-refractivity contribution < 1.29 is 8.42 Å². The maximum atomic E-state index is 12.3. The molecule has 1 aromatic heterocycles. The minimum atomic E-state index is -3.56. The molecule has 19 heavy (non-hydrogen) atoms. The number of thiophene rings is 1. The molecule has 0 bridgehead atoms. The maximum Gasteiger partial charge on any atom is 0.241 e. The number of hydrogen-bond donors (Lipinski definition) is 2. The van der Waals surface area contributed by atoms with E-state index in [1.54, 1.807) is 30.4 Å². The number of sulfonamides is 1. The van der Waals surface area contributed by atoms with Crippen molar-refractivity contribution in [1.82, 2.24) is 4.72 Å². The van der Waals surface area contributed by atoms with Gasteiger partial charge in [0.05, 0.1) is 4.90 Å². The third-order valence-corrected chi connectivity index (χ3v) is 5.26. The smallest absolute Gasteiger partial charge is 0.241 e. The van der Waals surface area contributed by atoms with Crippen LogP contribution in [0, 0.1) is 6.92 Å². The summed E-state index contributed by atoms with van der Waals surface area (Å²) in [6.07, 6.45) is 0. The van der Waals surface area contributed by atoms with Crippen LogP contribution >= 0.6 is 11.3 Å². The van der Waals surface area contributed by atoms with Gasteiger partial charge in [-0.15, -0.1) is 0 Å². The van der Waals surface area contributed by atoms with E-state index in [9.17, 15) is 8.42 Å². The Kier molecular flexibility index (Phi) is 3.93. The van der Waals surface area contributed by atoms with Gasteiger partial charge in [0.2, 0.25) is 10.0 Å². The molecule has 0 aliphatic carbocycles. The third-order valence-electron chi connectivity index (χ3n) is 2.88. The molecule has 0 saturated carbocycles. The van der Waals surface area contributed by atoms with E-state index in [2.05, 4.69) is 4.72 Å². The summed E-state index contributed by atoms with van der Waals surface area (Å²) >= 11 is 1.54. The van der Waals surface area contributed by atoms with Gasteiger partial charge in [0.25, 0.3) is 0 Å². The topological polar surface area (TPSA) is 72.2 Å². The number of nitrogens with one attached hydrogen (secondary N) is 1. The third kappa shape index (κ3) is 3.15. The molecule has 0 radical (unpaired) electrons. The number of nitrogen functional groups attached to an aromatic ring is 1. The predicted octanol–water partition coefficient (Wildman–Crippen LogP) is 2.68. The Hall–Kier alpha value is -1.37. The van der Waals surface area contributed by atoms with E-state index in [4.69, 9.17) is 5.73 Å². The lowest BCUT2D eigenvalue weighted by atomic mass is 10.2. The van der Waals surface area contributed by atoms with Crippen molar-refractivity contribution in [1.29, 1.82) is 0 Å². The molecule has 1 heterocycles. The van der Waals surface area contributed by atoms with Crippen LogP contribution in [0.4, 0.5) is 5.69 Å². The molecule has 1 aromatic carbocycles. The van der Waals surface area contributed by atoms with E-state index < -0.39 is 10.0 Å². The van der Waals surface area contributed by atoms with E-state index in [1.807, 2.05) is 23.8 Å². The Balaban J connectivity index is 2.30. The average Bonchev–Trinajstić information content (AvgIpc) is 2.85. The molecule has 2 aromatic rings. The summed E-state index contributed by atoms with van der Waals surface area (Å²) in [5, 5.41) is 3.85. The molecule has 6 heteroatoms. The van der Waals surface area contributed by atoms with Gasteiger partial charge >= 0.3 is 0 Å². The van der Waals surface area contributed by atoms with Gasteiger partial charge < -0.3 is 5.73 Å². The van der Waals surface area contributed by atoms with Crippen LogP contribution in [0.3, 0.4) is 0 Å². The number of rotatable bonds is 4. The fraction of sp³-hybridized carbons (Fsp3) is 0.231. The van der Waals surface area contributed by atoms with Gasteiger partial charge in [-0.3, -0.25) is 0 Å². The maximum absolute atomic E-state index is 12.3. The standard InChI is InChI=1S/C13H16N2O2S2/c1-9-3-4-12(14)7-13(9)19(16,17)15-10(2)11-5-6-18-8-11/h3-8,10,15H,14H2,1-2H3. The molecule has 2 rings (SSSR count). The van der Waals surface area contributed by atoms with Crippen molar-refractivity contribution in [2.45, 2.75) is 24.8 Å². The summed E-state index contributed by atoms with van der Waals surface area (Å²) in [4.78, 5) is 0.231. The quantitative estimate of drug-likeness (QED) is 0.852. The van der Waals surface area contributed by atoms with Gasteiger partial charge in [-0.05, 0) is 53.9 Å². The van der Waals surface area contributed by atoms with E-state index in [0.29, 0.717) is 11.3 Å². The second kappa shape index (κ2) is 5.32. The molecule has 0 amide bonds. The molecule has 0 spiro atoms. The van der Waals surface area contributed by atoms with E-state index >= 15 is 0 Å². The monoisotopic (exact) mass is 296 g/mol. The van der Waals surface area contributed by atoms with Crippen LogP contribution in [0.5, 0.6) is 0 Å². The summed E-state index contributed by atoms with van der Waals surface area (Å²) in [5.74, 6) is 0. The number of aryl methyl sites for hydroxylation is 1. The molecule has 0 saturated heterocycles. The van der Waals surface area contributed by atoms with Gasteiger partial charge in [0.15, 0.2) is 0 Å². The summed E-state index contributed by atoms with van der Waals surface area (Å²) in [5.41, 5.74) is 7.73. The molecule has 0 aliphatic rings. The molecular weight excluding hydrogens is 280 g/mol. The Bertz CT molecular complexity index is 664. The molecule has 0 fully saturated rings. The van der Waals surface area contributed by atoms with Crippen LogP contribution in [0.2, 0.25) is 0 Å². The Morgan fingerprint density at radius 2 is 2.05 bits per heavy atom. The average molecular weight is 296 g/mol. The van der Waals surface area contributed by atoms with Crippen LogP contribution in [-0.2, 0) is 10.0 Å². The normalized spacial score (nSPS) is 13.4. The molecule has 1 atom stereocenters. The van der Waals surface area contributed by atoms with Gasteiger partial charge in [-0.1, -0.05) is 6.07 Å². The molecular formula is C13H16N2O2S2. The zero-order valence-electron chi connectivity index (χ0n) is 10.8. The van der Waals surface area contributed by atoms with E-state index in [0.717, 1.165) is 5.56 Å². The Morgan fingerprint density at radius 1 is 1.32 bits per heavy atom. The fourth-order valence-electron chi connectivity index (χ4n) is 1.79. The van der Waals surface area contributed by atoms with E-state index in [-0.39, 0.29) is 10.9 Å². The zero-order valence-corrected chi connectivity index (χ0v) is 12.4. The first-order valence-corrected chi connectivity index (χ1v) is 8.23. The zero-order chi connectivity index (χ0) is 14.0. The van der Waals surface area contributed by atoms with Crippen LogP contribution in [0.1, 0.15) is 24.1 Å². The summed E-state index contributed by atoms with van der Waals surface area (Å²) in [7, 11) is -3.56. The first-order valence-electron chi connectivity index (χ1n) is 5.81. The van der Waals surface area contributed by atoms with Crippen molar-refractivity contribution in [3.8, 4) is 0 Å². The van der Waals surface area contributed by atoms with Crippen LogP contribution in [-0.4, -0.2) is 8.42 Å². The second-order valence-corrected chi connectivity index (χ2v) is 6.89. The van der Waals surface area contributed by atoms with Gasteiger partial charge in [-0.25, -0.2) is 13.1 Å². The van der Waals surface area contributed by atoms with Gasteiger partial charge in [-0.2, -0.15) is 11.3 Å². The molecule has 0 aliphatic heterocycles. The van der Waals surface area contributed by atoms with Gasteiger partial charge in [0.1, 0.15) is 0 Å². The first kappa shape index (κ1) is 14.0. The van der Waals surface area contributed by atoms with Crippen molar-refractivity contribution in [3.05, 3.63) is 46.2 Å². The van der Waals surface area contributed by atoms with E-state index in [1.165, 1.54) is 6.07 Å².